The highest BCUT2D eigenvalue weighted by Crippen LogP contribution is 2.20. The van der Waals surface area contributed by atoms with Gasteiger partial charge in [-0.15, -0.1) is 0 Å². The quantitative estimate of drug-likeness (QED) is 0.794. The first-order chi connectivity index (χ1) is 9.97. The molecular formula is C15H21N3O3. The fraction of sp³-hybridized carbons (Fsp3) is 0.467. The van der Waals surface area contributed by atoms with Crippen LogP contribution in [0.2, 0.25) is 0 Å². The Labute approximate surface area is 123 Å². The number of carbonyl (C=O) groups excluding carboxylic acids is 1. The maximum atomic E-state index is 12.2. The van der Waals surface area contributed by atoms with E-state index >= 15 is 0 Å². The molecule has 6 heteroatoms. The van der Waals surface area contributed by atoms with Gasteiger partial charge < -0.3 is 21.1 Å². The van der Waals surface area contributed by atoms with Crippen LogP contribution in [0.15, 0.2) is 24.3 Å². The van der Waals surface area contributed by atoms with Gasteiger partial charge in [0.05, 0.1) is 0 Å². The average molecular weight is 291 g/mol. The van der Waals surface area contributed by atoms with Crippen LogP contribution in [-0.4, -0.2) is 35.1 Å². The van der Waals surface area contributed by atoms with Crippen molar-refractivity contribution in [1.82, 2.24) is 4.90 Å². The molecular weight excluding hydrogens is 270 g/mol. The van der Waals surface area contributed by atoms with Crippen molar-refractivity contribution in [2.75, 3.05) is 18.4 Å². The molecule has 1 unspecified atom stereocenters. The van der Waals surface area contributed by atoms with Crippen LogP contribution in [0.1, 0.15) is 31.4 Å². The second-order valence-corrected chi connectivity index (χ2v) is 5.44. The summed E-state index contributed by atoms with van der Waals surface area (Å²) in [6.45, 7) is 2.73. The minimum absolute atomic E-state index is 0.0323. The number of rotatable bonds is 3. The Morgan fingerprint density at radius 2 is 1.86 bits per heavy atom. The summed E-state index contributed by atoms with van der Waals surface area (Å²) in [4.78, 5) is 24.3. The van der Waals surface area contributed by atoms with Gasteiger partial charge in [-0.1, -0.05) is 12.1 Å². The smallest absolute Gasteiger partial charge is 0.407 e. The van der Waals surface area contributed by atoms with E-state index in [2.05, 4.69) is 5.32 Å². The molecule has 4 N–H and O–H groups in total. The zero-order chi connectivity index (χ0) is 15.4. The summed E-state index contributed by atoms with van der Waals surface area (Å²) >= 11 is 0. The van der Waals surface area contributed by atoms with Crippen molar-refractivity contribution in [2.45, 2.75) is 25.8 Å². The molecule has 6 nitrogen and oxygen atoms in total. The molecule has 1 aromatic rings. The molecule has 0 saturated carbocycles. The number of amides is 2. The van der Waals surface area contributed by atoms with Crippen molar-refractivity contribution in [1.29, 1.82) is 0 Å². The fourth-order valence-corrected chi connectivity index (χ4v) is 2.45. The van der Waals surface area contributed by atoms with Gasteiger partial charge in [-0.05, 0) is 37.5 Å². The summed E-state index contributed by atoms with van der Waals surface area (Å²) in [6.07, 6.45) is 0.215. The summed E-state index contributed by atoms with van der Waals surface area (Å²) in [5.41, 5.74) is 7.54. The molecule has 1 aromatic carbocycles. The van der Waals surface area contributed by atoms with Crippen molar-refractivity contribution < 1.29 is 14.7 Å². The zero-order valence-corrected chi connectivity index (χ0v) is 12.1. The van der Waals surface area contributed by atoms with Crippen molar-refractivity contribution in [3.8, 4) is 0 Å². The monoisotopic (exact) mass is 291 g/mol. The summed E-state index contributed by atoms with van der Waals surface area (Å²) in [7, 11) is 0. The van der Waals surface area contributed by atoms with Crippen LogP contribution in [-0.2, 0) is 4.79 Å². The molecule has 1 atom stereocenters. The number of carboxylic acid groups (broad SMARTS) is 1. The Morgan fingerprint density at radius 3 is 2.33 bits per heavy atom. The predicted octanol–water partition coefficient (Wildman–Crippen LogP) is 2.03. The minimum atomic E-state index is -0.916. The van der Waals surface area contributed by atoms with Crippen molar-refractivity contribution in [3.63, 3.8) is 0 Å². The SMILES string of the molecule is CC(N)c1ccc(NC(=O)C2CCN(C(=O)O)CC2)cc1. The third-order valence-electron chi connectivity index (χ3n) is 3.84. The van der Waals surface area contributed by atoms with Crippen molar-refractivity contribution >= 4 is 17.7 Å². The van der Waals surface area contributed by atoms with Crippen LogP contribution in [0.25, 0.3) is 0 Å². The van der Waals surface area contributed by atoms with Crippen LogP contribution in [0.5, 0.6) is 0 Å². The topological polar surface area (TPSA) is 95.7 Å². The Morgan fingerprint density at radius 1 is 1.29 bits per heavy atom. The molecule has 1 fully saturated rings. The predicted molar refractivity (Wildman–Crippen MR) is 80.0 cm³/mol. The molecule has 1 aliphatic rings. The van der Waals surface area contributed by atoms with Gasteiger partial charge in [-0.2, -0.15) is 0 Å². The van der Waals surface area contributed by atoms with E-state index in [0.29, 0.717) is 25.9 Å². The average Bonchev–Trinajstić information content (AvgIpc) is 2.47. The number of hydrogen-bond donors (Lipinski definition) is 3. The van der Waals surface area contributed by atoms with Gasteiger partial charge in [0.25, 0.3) is 0 Å². The number of nitrogens with zero attached hydrogens (tertiary/aromatic N) is 1. The molecule has 114 valence electrons. The number of hydrogen-bond acceptors (Lipinski definition) is 3. The third kappa shape index (κ3) is 3.95. The lowest BCUT2D eigenvalue weighted by Crippen LogP contribution is -2.40. The van der Waals surface area contributed by atoms with E-state index in [1.165, 1.54) is 4.90 Å². The van der Waals surface area contributed by atoms with Gasteiger partial charge in [0.15, 0.2) is 0 Å². The summed E-state index contributed by atoms with van der Waals surface area (Å²) in [5, 5.41) is 11.8. The minimum Gasteiger partial charge on any atom is -0.465 e. The van der Waals surface area contributed by atoms with E-state index in [4.69, 9.17) is 10.8 Å². The van der Waals surface area contributed by atoms with Gasteiger partial charge in [0.1, 0.15) is 0 Å². The lowest BCUT2D eigenvalue weighted by Gasteiger charge is -2.29. The van der Waals surface area contributed by atoms with Gasteiger partial charge in [-0.3, -0.25) is 4.79 Å². The molecule has 1 aliphatic heterocycles. The molecule has 0 spiro atoms. The lowest BCUT2D eigenvalue weighted by atomic mass is 9.96. The fourth-order valence-electron chi connectivity index (χ4n) is 2.45. The highest BCUT2D eigenvalue weighted by Gasteiger charge is 2.27. The van der Waals surface area contributed by atoms with Gasteiger partial charge in [-0.25, -0.2) is 4.79 Å². The largest absolute Gasteiger partial charge is 0.465 e. The maximum absolute atomic E-state index is 12.2. The Bertz CT molecular complexity index is 505. The highest BCUT2D eigenvalue weighted by molar-refractivity contribution is 5.92. The molecule has 0 aliphatic carbocycles. The van der Waals surface area contributed by atoms with Gasteiger partial charge in [0, 0.05) is 30.7 Å². The number of carbonyl (C=O) groups is 2. The van der Waals surface area contributed by atoms with Crippen LogP contribution < -0.4 is 11.1 Å². The molecule has 2 amide bonds. The van der Waals surface area contributed by atoms with E-state index in [9.17, 15) is 9.59 Å². The Hall–Kier alpha value is -2.08. The normalized spacial score (nSPS) is 17.3. The van der Waals surface area contributed by atoms with E-state index in [-0.39, 0.29) is 17.9 Å². The molecule has 0 radical (unpaired) electrons. The number of nitrogens with one attached hydrogen (secondary N) is 1. The standard InChI is InChI=1S/C15H21N3O3/c1-10(16)11-2-4-13(5-3-11)17-14(19)12-6-8-18(9-7-12)15(20)21/h2-5,10,12H,6-9,16H2,1H3,(H,17,19)(H,20,21). The first-order valence-corrected chi connectivity index (χ1v) is 7.11. The van der Waals surface area contributed by atoms with Crippen molar-refractivity contribution in [2.24, 2.45) is 11.7 Å². The number of nitrogens with two attached hydrogens (primary N) is 1. The van der Waals surface area contributed by atoms with Crippen molar-refractivity contribution in [3.05, 3.63) is 29.8 Å². The van der Waals surface area contributed by atoms with Crippen LogP contribution in [0.4, 0.5) is 10.5 Å². The van der Waals surface area contributed by atoms with E-state index in [1.807, 2.05) is 31.2 Å². The summed E-state index contributed by atoms with van der Waals surface area (Å²) in [5.74, 6) is -0.178. The second kappa shape index (κ2) is 6.58. The second-order valence-electron chi connectivity index (χ2n) is 5.44. The van der Waals surface area contributed by atoms with Crippen LogP contribution >= 0.6 is 0 Å². The number of anilines is 1. The van der Waals surface area contributed by atoms with Gasteiger partial charge >= 0.3 is 6.09 Å². The number of piperidine rings is 1. The van der Waals surface area contributed by atoms with Crippen LogP contribution in [0.3, 0.4) is 0 Å². The van der Waals surface area contributed by atoms with Crippen LogP contribution in [0, 0.1) is 5.92 Å². The summed E-state index contributed by atoms with van der Waals surface area (Å²) in [6, 6.07) is 7.43. The van der Waals surface area contributed by atoms with Gasteiger partial charge in [0.2, 0.25) is 5.91 Å². The maximum Gasteiger partial charge on any atom is 0.407 e. The molecule has 1 heterocycles. The molecule has 0 bridgehead atoms. The number of benzene rings is 1. The summed E-state index contributed by atoms with van der Waals surface area (Å²) < 4.78 is 0. The van der Waals surface area contributed by atoms with E-state index in [0.717, 1.165) is 11.3 Å². The third-order valence-corrected chi connectivity index (χ3v) is 3.84. The number of likely N-dealkylation sites (tertiary alicyclic amines) is 1. The first-order valence-electron chi connectivity index (χ1n) is 7.11. The lowest BCUT2D eigenvalue weighted by molar-refractivity contribution is -0.121. The first kappa shape index (κ1) is 15.3. The molecule has 0 aromatic heterocycles. The van der Waals surface area contributed by atoms with E-state index < -0.39 is 6.09 Å². The Balaban J connectivity index is 1.88. The highest BCUT2D eigenvalue weighted by atomic mass is 16.4. The van der Waals surface area contributed by atoms with E-state index in [1.54, 1.807) is 0 Å². The zero-order valence-electron chi connectivity index (χ0n) is 12.1. The molecule has 1 saturated heterocycles. The molecule has 21 heavy (non-hydrogen) atoms. The molecule has 2 rings (SSSR count). The Kier molecular flexibility index (Phi) is 4.80.